The van der Waals surface area contributed by atoms with E-state index in [0.29, 0.717) is 0 Å². The average molecular weight is 291 g/mol. The third kappa shape index (κ3) is 3.41. The molecule has 0 atom stereocenters. The minimum atomic E-state index is -0.0874. The maximum Gasteiger partial charge on any atom is 0.246 e. The fourth-order valence-electron chi connectivity index (χ4n) is 2.28. The Hall–Kier alpha value is -2.88. The first-order valence-electron chi connectivity index (χ1n) is 7.16. The Bertz CT molecular complexity index is 761. The second-order valence-electron chi connectivity index (χ2n) is 5.15. The zero-order valence-electron chi connectivity index (χ0n) is 12.4. The van der Waals surface area contributed by atoms with E-state index in [1.807, 2.05) is 55.5 Å². The van der Waals surface area contributed by atoms with Crippen molar-refractivity contribution in [1.29, 1.82) is 0 Å². The third-order valence-corrected chi connectivity index (χ3v) is 3.36. The van der Waals surface area contributed by atoms with Crippen molar-refractivity contribution < 1.29 is 4.79 Å². The summed E-state index contributed by atoms with van der Waals surface area (Å²) in [5.41, 5.74) is 3.97. The summed E-state index contributed by atoms with van der Waals surface area (Å²) in [6.45, 7) is 2.12. The number of carbonyl (C=O) groups is 1. The number of hydrogen-bond donors (Lipinski definition) is 1. The molecule has 4 heteroatoms. The van der Waals surface area contributed by atoms with Crippen molar-refractivity contribution in [2.24, 2.45) is 0 Å². The maximum absolute atomic E-state index is 12.0. The summed E-state index contributed by atoms with van der Waals surface area (Å²) in [6.07, 6.45) is 1.80. The van der Waals surface area contributed by atoms with Crippen LogP contribution < -0.4 is 5.32 Å². The standard InChI is InChI=1S/C18H17N3O/c1-14-11-12-21(20-14)13-18(22)19-17-9-7-16(8-10-17)15-5-3-2-4-6-15/h2-12H,13H2,1H3,(H,19,22). The molecule has 4 nitrogen and oxygen atoms in total. The van der Waals surface area contributed by atoms with E-state index in [4.69, 9.17) is 0 Å². The first-order chi connectivity index (χ1) is 10.7. The van der Waals surface area contributed by atoms with E-state index < -0.39 is 0 Å². The second kappa shape index (κ2) is 6.26. The SMILES string of the molecule is Cc1ccn(CC(=O)Nc2ccc(-c3ccccc3)cc2)n1. The molecule has 0 aliphatic heterocycles. The molecule has 0 radical (unpaired) electrons. The number of anilines is 1. The van der Waals surface area contributed by atoms with Gasteiger partial charge >= 0.3 is 0 Å². The lowest BCUT2D eigenvalue weighted by atomic mass is 10.1. The zero-order chi connectivity index (χ0) is 15.4. The van der Waals surface area contributed by atoms with Crippen molar-refractivity contribution in [2.45, 2.75) is 13.5 Å². The molecule has 2 aromatic carbocycles. The molecule has 3 aromatic rings. The van der Waals surface area contributed by atoms with Crippen LogP contribution in [0.3, 0.4) is 0 Å². The van der Waals surface area contributed by atoms with E-state index >= 15 is 0 Å². The van der Waals surface area contributed by atoms with Gasteiger partial charge in [0.1, 0.15) is 6.54 Å². The molecule has 0 aliphatic carbocycles. The van der Waals surface area contributed by atoms with Crippen molar-refractivity contribution in [3.8, 4) is 11.1 Å². The van der Waals surface area contributed by atoms with Crippen LogP contribution in [-0.4, -0.2) is 15.7 Å². The van der Waals surface area contributed by atoms with Gasteiger partial charge in [0.15, 0.2) is 0 Å². The molecule has 0 saturated carbocycles. The molecule has 110 valence electrons. The van der Waals surface area contributed by atoms with Crippen molar-refractivity contribution in [1.82, 2.24) is 9.78 Å². The predicted octanol–water partition coefficient (Wildman–Crippen LogP) is 3.50. The molecular weight excluding hydrogens is 274 g/mol. The number of aromatic nitrogens is 2. The van der Waals surface area contributed by atoms with E-state index in [9.17, 15) is 4.79 Å². The number of aryl methyl sites for hydroxylation is 1. The van der Waals surface area contributed by atoms with Crippen LogP contribution in [0.1, 0.15) is 5.69 Å². The molecule has 0 fully saturated rings. The maximum atomic E-state index is 12.0. The number of amides is 1. The number of hydrogen-bond acceptors (Lipinski definition) is 2. The molecule has 0 spiro atoms. The van der Waals surface area contributed by atoms with Crippen molar-refractivity contribution in [3.05, 3.63) is 72.6 Å². The van der Waals surface area contributed by atoms with Gasteiger partial charge in [-0.2, -0.15) is 5.10 Å². The summed E-state index contributed by atoms with van der Waals surface area (Å²) in [6, 6.07) is 19.8. The molecule has 0 bridgehead atoms. The van der Waals surface area contributed by atoms with Gasteiger partial charge in [-0.05, 0) is 36.2 Å². The van der Waals surface area contributed by atoms with Gasteiger partial charge in [0.05, 0.1) is 5.69 Å². The van der Waals surface area contributed by atoms with Gasteiger partial charge in [-0.3, -0.25) is 9.48 Å². The summed E-state index contributed by atoms with van der Waals surface area (Å²) in [5.74, 6) is -0.0874. The highest BCUT2D eigenvalue weighted by molar-refractivity contribution is 5.90. The minimum absolute atomic E-state index is 0.0874. The van der Waals surface area contributed by atoms with Gasteiger partial charge < -0.3 is 5.32 Å². The van der Waals surface area contributed by atoms with Crippen LogP contribution in [0.5, 0.6) is 0 Å². The number of carbonyl (C=O) groups excluding carboxylic acids is 1. The minimum Gasteiger partial charge on any atom is -0.324 e. The van der Waals surface area contributed by atoms with Crippen LogP contribution >= 0.6 is 0 Å². The summed E-state index contributed by atoms with van der Waals surface area (Å²) in [5, 5.41) is 7.08. The van der Waals surface area contributed by atoms with Gasteiger partial charge in [-0.25, -0.2) is 0 Å². The Labute approximate surface area is 129 Å². The molecule has 0 unspecified atom stereocenters. The zero-order valence-corrected chi connectivity index (χ0v) is 12.4. The van der Waals surface area contributed by atoms with Crippen molar-refractivity contribution >= 4 is 11.6 Å². The Morgan fingerprint density at radius 1 is 1.00 bits per heavy atom. The van der Waals surface area contributed by atoms with E-state index in [2.05, 4.69) is 22.5 Å². The monoisotopic (exact) mass is 291 g/mol. The van der Waals surface area contributed by atoms with Gasteiger partial charge in [0.25, 0.3) is 0 Å². The normalized spacial score (nSPS) is 10.4. The van der Waals surface area contributed by atoms with Crippen LogP contribution in [0.4, 0.5) is 5.69 Å². The van der Waals surface area contributed by atoms with Crippen LogP contribution in [0.2, 0.25) is 0 Å². The van der Waals surface area contributed by atoms with E-state index in [1.54, 1.807) is 10.9 Å². The number of benzene rings is 2. The number of rotatable bonds is 4. The molecule has 0 saturated heterocycles. The first-order valence-corrected chi connectivity index (χ1v) is 7.16. The topological polar surface area (TPSA) is 46.9 Å². The van der Waals surface area contributed by atoms with E-state index in [0.717, 1.165) is 22.5 Å². The molecule has 3 rings (SSSR count). The number of nitrogens with zero attached hydrogens (tertiary/aromatic N) is 2. The van der Waals surface area contributed by atoms with Gasteiger partial charge in [-0.15, -0.1) is 0 Å². The highest BCUT2D eigenvalue weighted by atomic mass is 16.2. The van der Waals surface area contributed by atoms with Crippen LogP contribution in [-0.2, 0) is 11.3 Å². The summed E-state index contributed by atoms with van der Waals surface area (Å²) in [4.78, 5) is 12.0. The quantitative estimate of drug-likeness (QED) is 0.799. The van der Waals surface area contributed by atoms with E-state index in [1.165, 1.54) is 0 Å². The van der Waals surface area contributed by atoms with Crippen LogP contribution in [0, 0.1) is 6.92 Å². The molecule has 1 amide bonds. The lowest BCUT2D eigenvalue weighted by Crippen LogP contribution is -2.19. The van der Waals surface area contributed by atoms with Crippen molar-refractivity contribution in [3.63, 3.8) is 0 Å². The Morgan fingerprint density at radius 3 is 2.32 bits per heavy atom. The van der Waals surface area contributed by atoms with Gasteiger partial charge in [0, 0.05) is 11.9 Å². The Morgan fingerprint density at radius 2 is 1.68 bits per heavy atom. The molecule has 1 aromatic heterocycles. The van der Waals surface area contributed by atoms with E-state index in [-0.39, 0.29) is 12.5 Å². The highest BCUT2D eigenvalue weighted by Crippen LogP contribution is 2.20. The van der Waals surface area contributed by atoms with Gasteiger partial charge in [0.2, 0.25) is 5.91 Å². The van der Waals surface area contributed by atoms with Crippen LogP contribution in [0.25, 0.3) is 11.1 Å². The Kier molecular flexibility index (Phi) is 4.01. The fraction of sp³-hybridized carbons (Fsp3) is 0.111. The second-order valence-corrected chi connectivity index (χ2v) is 5.15. The van der Waals surface area contributed by atoms with Crippen LogP contribution in [0.15, 0.2) is 66.9 Å². The molecular formula is C18H17N3O. The molecule has 22 heavy (non-hydrogen) atoms. The third-order valence-electron chi connectivity index (χ3n) is 3.36. The fourth-order valence-corrected chi connectivity index (χ4v) is 2.28. The number of nitrogens with one attached hydrogen (secondary N) is 1. The Balaban J connectivity index is 1.65. The highest BCUT2D eigenvalue weighted by Gasteiger charge is 2.05. The summed E-state index contributed by atoms with van der Waals surface area (Å²) in [7, 11) is 0. The summed E-state index contributed by atoms with van der Waals surface area (Å²) < 4.78 is 1.63. The molecule has 1 N–H and O–H groups in total. The smallest absolute Gasteiger partial charge is 0.246 e. The molecule has 1 heterocycles. The average Bonchev–Trinajstić information content (AvgIpc) is 2.94. The molecule has 0 aliphatic rings. The lowest BCUT2D eigenvalue weighted by molar-refractivity contribution is -0.116. The largest absolute Gasteiger partial charge is 0.324 e. The lowest BCUT2D eigenvalue weighted by Gasteiger charge is -2.07. The summed E-state index contributed by atoms with van der Waals surface area (Å²) >= 11 is 0. The van der Waals surface area contributed by atoms with Gasteiger partial charge in [-0.1, -0.05) is 42.5 Å². The first kappa shape index (κ1) is 14.1. The van der Waals surface area contributed by atoms with Crippen molar-refractivity contribution in [2.75, 3.05) is 5.32 Å². The predicted molar refractivity (Wildman–Crippen MR) is 87.5 cm³/mol.